The van der Waals surface area contributed by atoms with Gasteiger partial charge in [0.1, 0.15) is 5.75 Å². The van der Waals surface area contributed by atoms with Crippen LogP contribution in [0.25, 0.3) is 11.3 Å². The highest BCUT2D eigenvalue weighted by molar-refractivity contribution is 5.70. The van der Waals surface area contributed by atoms with Gasteiger partial charge in [-0.1, -0.05) is 18.6 Å². The molecule has 4 nitrogen and oxygen atoms in total. The van der Waals surface area contributed by atoms with E-state index in [1.165, 1.54) is 5.56 Å². The predicted octanol–water partition coefficient (Wildman–Crippen LogP) is 2.89. The van der Waals surface area contributed by atoms with Gasteiger partial charge in [-0.15, -0.1) is 0 Å². The summed E-state index contributed by atoms with van der Waals surface area (Å²) in [5, 5.41) is 10.6. The van der Waals surface area contributed by atoms with E-state index in [2.05, 4.69) is 35.4 Å². The van der Waals surface area contributed by atoms with Crippen LogP contribution in [0.3, 0.4) is 0 Å². The molecule has 1 aromatic heterocycles. The molecule has 0 fully saturated rings. The first kappa shape index (κ1) is 13.6. The maximum absolute atomic E-state index is 5.44. The van der Waals surface area contributed by atoms with E-state index in [1.807, 2.05) is 18.3 Å². The summed E-state index contributed by atoms with van der Waals surface area (Å²) in [5.74, 6) is 0.867. The lowest BCUT2D eigenvalue weighted by atomic mass is 10.0. The Bertz CT molecular complexity index is 534. The van der Waals surface area contributed by atoms with Gasteiger partial charge in [-0.05, 0) is 32.0 Å². The first-order valence-electron chi connectivity index (χ1n) is 6.64. The third kappa shape index (κ3) is 3.15. The number of nitrogens with one attached hydrogen (secondary N) is 2. The van der Waals surface area contributed by atoms with Crippen molar-refractivity contribution >= 4 is 0 Å². The summed E-state index contributed by atoms with van der Waals surface area (Å²) < 4.78 is 5.44. The number of rotatable bonds is 6. The molecule has 2 aromatic rings. The van der Waals surface area contributed by atoms with Gasteiger partial charge in [0.25, 0.3) is 0 Å². The molecule has 0 aliphatic rings. The van der Waals surface area contributed by atoms with Gasteiger partial charge < -0.3 is 10.1 Å². The average molecular weight is 259 g/mol. The normalized spacial score (nSPS) is 10.7. The Morgan fingerprint density at radius 1 is 1.37 bits per heavy atom. The molecular weight excluding hydrogens is 238 g/mol. The Labute approximate surface area is 114 Å². The molecule has 0 atom stereocenters. The fourth-order valence-corrected chi connectivity index (χ4v) is 2.10. The second-order valence-electron chi connectivity index (χ2n) is 4.65. The van der Waals surface area contributed by atoms with Gasteiger partial charge in [-0.3, -0.25) is 5.10 Å². The summed E-state index contributed by atoms with van der Waals surface area (Å²) in [5.41, 5.74) is 4.47. The summed E-state index contributed by atoms with van der Waals surface area (Å²) >= 11 is 0. The van der Waals surface area contributed by atoms with Crippen molar-refractivity contribution in [2.24, 2.45) is 0 Å². The lowest BCUT2D eigenvalue weighted by Crippen LogP contribution is -2.13. The quantitative estimate of drug-likeness (QED) is 0.784. The van der Waals surface area contributed by atoms with E-state index >= 15 is 0 Å². The van der Waals surface area contributed by atoms with Gasteiger partial charge in [-0.2, -0.15) is 5.10 Å². The van der Waals surface area contributed by atoms with Crippen LogP contribution >= 0.6 is 0 Å². The molecule has 4 heteroatoms. The van der Waals surface area contributed by atoms with Crippen LogP contribution in [0.15, 0.2) is 24.4 Å². The molecule has 0 saturated heterocycles. The Kier molecular flexibility index (Phi) is 4.58. The number of H-pyrrole nitrogens is 1. The first-order valence-corrected chi connectivity index (χ1v) is 6.64. The van der Waals surface area contributed by atoms with Crippen LogP contribution in [0, 0.1) is 6.92 Å². The largest absolute Gasteiger partial charge is 0.496 e. The van der Waals surface area contributed by atoms with Crippen molar-refractivity contribution in [3.8, 4) is 17.0 Å². The van der Waals surface area contributed by atoms with E-state index in [1.54, 1.807) is 7.11 Å². The number of hydrogen-bond donors (Lipinski definition) is 2. The number of ether oxygens (including phenoxy) is 1. The maximum atomic E-state index is 5.44. The van der Waals surface area contributed by atoms with E-state index in [4.69, 9.17) is 4.74 Å². The molecule has 2 N–H and O–H groups in total. The van der Waals surface area contributed by atoms with Gasteiger partial charge in [0.05, 0.1) is 19.0 Å². The smallest absolute Gasteiger partial charge is 0.128 e. The fraction of sp³-hybridized carbons (Fsp3) is 0.400. The summed E-state index contributed by atoms with van der Waals surface area (Å²) in [7, 11) is 1.69. The number of hydrogen-bond acceptors (Lipinski definition) is 3. The zero-order chi connectivity index (χ0) is 13.7. The number of aromatic nitrogens is 2. The molecule has 0 radical (unpaired) electrons. The van der Waals surface area contributed by atoms with E-state index in [0.29, 0.717) is 0 Å². The van der Waals surface area contributed by atoms with Crippen LogP contribution in [0.4, 0.5) is 0 Å². The topological polar surface area (TPSA) is 49.9 Å². The van der Waals surface area contributed by atoms with Gasteiger partial charge in [0.15, 0.2) is 0 Å². The molecule has 0 unspecified atom stereocenters. The second kappa shape index (κ2) is 6.38. The van der Waals surface area contributed by atoms with Crippen molar-refractivity contribution in [2.45, 2.75) is 26.8 Å². The van der Waals surface area contributed by atoms with Crippen LogP contribution < -0.4 is 10.1 Å². The van der Waals surface area contributed by atoms with Gasteiger partial charge in [-0.25, -0.2) is 0 Å². The van der Waals surface area contributed by atoms with Crippen molar-refractivity contribution in [1.29, 1.82) is 0 Å². The number of nitrogens with zero attached hydrogens (tertiary/aromatic N) is 1. The molecule has 1 heterocycles. The number of benzene rings is 1. The van der Waals surface area contributed by atoms with Gasteiger partial charge in [0.2, 0.25) is 0 Å². The third-order valence-corrected chi connectivity index (χ3v) is 3.08. The lowest BCUT2D eigenvalue weighted by Gasteiger charge is -2.10. The minimum atomic E-state index is 0.816. The van der Waals surface area contributed by atoms with Crippen molar-refractivity contribution in [3.05, 3.63) is 35.5 Å². The zero-order valence-electron chi connectivity index (χ0n) is 11.8. The Morgan fingerprint density at radius 2 is 2.21 bits per heavy atom. The van der Waals surface area contributed by atoms with E-state index in [0.717, 1.165) is 42.1 Å². The van der Waals surface area contributed by atoms with E-state index < -0.39 is 0 Å². The van der Waals surface area contributed by atoms with Gasteiger partial charge >= 0.3 is 0 Å². The van der Waals surface area contributed by atoms with Crippen molar-refractivity contribution in [1.82, 2.24) is 15.5 Å². The summed E-state index contributed by atoms with van der Waals surface area (Å²) in [6, 6.07) is 6.16. The first-order chi connectivity index (χ1) is 9.26. The molecular formula is C15H21N3O. The van der Waals surface area contributed by atoms with Crippen LogP contribution in [0.5, 0.6) is 5.75 Å². The van der Waals surface area contributed by atoms with E-state index in [-0.39, 0.29) is 0 Å². The maximum Gasteiger partial charge on any atom is 0.128 e. The number of aryl methyl sites for hydroxylation is 1. The monoisotopic (exact) mass is 259 g/mol. The SMILES string of the molecule is CCCNCc1cn[nH]c1-c1cc(C)ccc1OC. The molecule has 102 valence electrons. The minimum Gasteiger partial charge on any atom is -0.496 e. The van der Waals surface area contributed by atoms with Crippen molar-refractivity contribution < 1.29 is 4.74 Å². The highest BCUT2D eigenvalue weighted by Crippen LogP contribution is 2.31. The zero-order valence-corrected chi connectivity index (χ0v) is 11.8. The molecule has 1 aromatic carbocycles. The Hall–Kier alpha value is -1.81. The summed E-state index contributed by atoms with van der Waals surface area (Å²) in [6.07, 6.45) is 3.00. The molecule has 0 aliphatic heterocycles. The Morgan fingerprint density at radius 3 is 2.95 bits per heavy atom. The fourth-order valence-electron chi connectivity index (χ4n) is 2.10. The summed E-state index contributed by atoms with van der Waals surface area (Å²) in [4.78, 5) is 0. The highest BCUT2D eigenvalue weighted by atomic mass is 16.5. The van der Waals surface area contributed by atoms with Crippen molar-refractivity contribution in [3.63, 3.8) is 0 Å². The molecule has 0 spiro atoms. The predicted molar refractivity (Wildman–Crippen MR) is 77.3 cm³/mol. The van der Waals surface area contributed by atoms with Crippen molar-refractivity contribution in [2.75, 3.05) is 13.7 Å². The second-order valence-corrected chi connectivity index (χ2v) is 4.65. The molecule has 0 amide bonds. The van der Waals surface area contributed by atoms with Crippen LogP contribution in [0.2, 0.25) is 0 Å². The van der Waals surface area contributed by atoms with Crippen LogP contribution in [-0.4, -0.2) is 23.9 Å². The molecule has 0 bridgehead atoms. The molecule has 0 aliphatic carbocycles. The van der Waals surface area contributed by atoms with Crippen LogP contribution in [0.1, 0.15) is 24.5 Å². The molecule has 0 saturated carbocycles. The highest BCUT2D eigenvalue weighted by Gasteiger charge is 2.12. The average Bonchev–Trinajstić information content (AvgIpc) is 2.87. The van der Waals surface area contributed by atoms with E-state index in [9.17, 15) is 0 Å². The standard InChI is InChI=1S/C15H21N3O/c1-4-7-16-9-12-10-17-18-15(12)13-8-11(2)5-6-14(13)19-3/h5-6,8,10,16H,4,7,9H2,1-3H3,(H,17,18). The molecule has 2 rings (SSSR count). The minimum absolute atomic E-state index is 0.816. The Balaban J connectivity index is 2.31. The molecule has 19 heavy (non-hydrogen) atoms. The third-order valence-electron chi connectivity index (χ3n) is 3.08. The summed E-state index contributed by atoms with van der Waals surface area (Å²) in [6.45, 7) is 6.06. The lowest BCUT2D eigenvalue weighted by molar-refractivity contribution is 0.416. The number of aromatic amines is 1. The number of methoxy groups -OCH3 is 1. The van der Waals surface area contributed by atoms with Crippen LogP contribution in [-0.2, 0) is 6.54 Å². The van der Waals surface area contributed by atoms with Gasteiger partial charge in [0, 0.05) is 17.7 Å².